The lowest BCUT2D eigenvalue weighted by molar-refractivity contribution is 0.0376. The smallest absolute Gasteiger partial charge is 0.344 e. The van der Waals surface area contributed by atoms with E-state index in [0.717, 1.165) is 16.8 Å². The number of carbonyl (C=O) groups excluding carboxylic acids is 1. The van der Waals surface area contributed by atoms with Crippen molar-refractivity contribution in [2.24, 2.45) is 0 Å². The Morgan fingerprint density at radius 3 is 2.36 bits per heavy atom. The predicted octanol–water partition coefficient (Wildman–Crippen LogP) is 3.13. The van der Waals surface area contributed by atoms with Crippen LogP contribution in [0.15, 0.2) is 35.4 Å². The van der Waals surface area contributed by atoms with Crippen LogP contribution in [-0.4, -0.2) is 22.0 Å². The van der Waals surface area contributed by atoms with Gasteiger partial charge in [-0.1, -0.05) is 13.8 Å². The molecule has 116 valence electrons. The van der Waals surface area contributed by atoms with Crippen molar-refractivity contribution in [3.8, 4) is 11.1 Å². The lowest BCUT2D eigenvalue weighted by atomic mass is 9.97. The van der Waals surface area contributed by atoms with E-state index < -0.39 is 11.5 Å². The highest BCUT2D eigenvalue weighted by molar-refractivity contribution is 5.91. The zero-order chi connectivity index (χ0) is 16.3. The number of aromatic amines is 1. The molecule has 0 amide bonds. The average molecular weight is 300 g/mol. The number of aromatic nitrogens is 2. The molecule has 5 nitrogen and oxygen atoms in total. The molecular weight excluding hydrogens is 280 g/mol. The minimum Gasteiger partial charge on any atom is -0.459 e. The molecule has 0 saturated heterocycles. The normalized spacial score (nSPS) is 11.0. The van der Waals surface area contributed by atoms with Crippen LogP contribution in [0.25, 0.3) is 11.1 Å². The average Bonchev–Trinajstić information content (AvgIpc) is 2.46. The number of hydrogen-bond acceptors (Lipinski definition) is 4. The van der Waals surface area contributed by atoms with Gasteiger partial charge in [0.2, 0.25) is 0 Å². The molecule has 0 bridgehead atoms. The minimum atomic E-state index is -0.609. The van der Waals surface area contributed by atoms with Crippen LogP contribution in [0.1, 0.15) is 49.7 Å². The van der Waals surface area contributed by atoms with Crippen LogP contribution in [-0.2, 0) is 4.74 Å². The van der Waals surface area contributed by atoms with Gasteiger partial charge in [-0.15, -0.1) is 0 Å². The molecule has 0 aromatic carbocycles. The molecule has 2 aromatic heterocycles. The highest BCUT2D eigenvalue weighted by atomic mass is 16.5. The van der Waals surface area contributed by atoms with E-state index in [2.05, 4.69) is 9.97 Å². The Morgan fingerprint density at radius 2 is 1.82 bits per heavy atom. The van der Waals surface area contributed by atoms with E-state index >= 15 is 0 Å². The van der Waals surface area contributed by atoms with Gasteiger partial charge in [-0.2, -0.15) is 0 Å². The summed E-state index contributed by atoms with van der Waals surface area (Å²) in [5.41, 5.74) is 2.09. The Balaban J connectivity index is 2.60. The monoisotopic (exact) mass is 300 g/mol. The summed E-state index contributed by atoms with van der Waals surface area (Å²) in [5.74, 6) is -0.493. The van der Waals surface area contributed by atoms with Crippen LogP contribution in [0, 0.1) is 0 Å². The van der Waals surface area contributed by atoms with Gasteiger partial charge in [-0.3, -0.25) is 9.78 Å². The molecule has 2 aromatic rings. The van der Waals surface area contributed by atoms with Crippen LogP contribution < -0.4 is 5.56 Å². The number of esters is 1. The van der Waals surface area contributed by atoms with Crippen molar-refractivity contribution in [3.05, 3.63) is 52.2 Å². The summed E-state index contributed by atoms with van der Waals surface area (Å²) in [5, 5.41) is 0. The van der Waals surface area contributed by atoms with E-state index in [-0.39, 0.29) is 17.6 Å². The first-order valence-electron chi connectivity index (χ1n) is 7.28. The molecule has 2 rings (SSSR count). The molecule has 0 aliphatic rings. The van der Waals surface area contributed by atoms with E-state index in [9.17, 15) is 9.59 Å². The quantitative estimate of drug-likeness (QED) is 0.881. The van der Waals surface area contributed by atoms with Gasteiger partial charge in [0.25, 0.3) is 5.56 Å². The third-order valence-corrected chi connectivity index (χ3v) is 3.20. The summed E-state index contributed by atoms with van der Waals surface area (Å²) in [6.45, 7) is 7.47. The topological polar surface area (TPSA) is 72.0 Å². The van der Waals surface area contributed by atoms with E-state index in [0.29, 0.717) is 0 Å². The highest BCUT2D eigenvalue weighted by Crippen LogP contribution is 2.27. The molecule has 5 heteroatoms. The predicted molar refractivity (Wildman–Crippen MR) is 84.9 cm³/mol. The molecule has 0 spiro atoms. The van der Waals surface area contributed by atoms with E-state index in [1.807, 2.05) is 26.0 Å². The Hall–Kier alpha value is -2.43. The molecule has 22 heavy (non-hydrogen) atoms. The zero-order valence-corrected chi connectivity index (χ0v) is 13.2. The van der Waals surface area contributed by atoms with Gasteiger partial charge in [0.15, 0.2) is 0 Å². The first-order chi connectivity index (χ1) is 10.4. The zero-order valence-electron chi connectivity index (χ0n) is 13.2. The van der Waals surface area contributed by atoms with Gasteiger partial charge in [0.1, 0.15) is 5.56 Å². The molecule has 0 unspecified atom stereocenters. The molecule has 2 heterocycles. The number of carbonyl (C=O) groups is 1. The van der Waals surface area contributed by atoms with E-state index in [1.54, 1.807) is 32.3 Å². The van der Waals surface area contributed by atoms with Crippen LogP contribution >= 0.6 is 0 Å². The molecule has 0 atom stereocenters. The fraction of sp³-hybridized carbons (Fsp3) is 0.353. The first kappa shape index (κ1) is 15.9. The van der Waals surface area contributed by atoms with Gasteiger partial charge in [-0.05, 0) is 43.5 Å². The third kappa shape index (κ3) is 3.42. The summed E-state index contributed by atoms with van der Waals surface area (Å²) in [4.78, 5) is 31.1. The van der Waals surface area contributed by atoms with E-state index in [1.165, 1.54) is 0 Å². The standard InChI is InChI=1S/C17H20N2O3/c1-10(2)15-13(12-5-7-18-8-6-12)9-14(16(20)19-15)17(21)22-11(3)4/h5-11H,1-4H3,(H,19,20). The SMILES string of the molecule is CC(C)OC(=O)c1cc(-c2ccncc2)c(C(C)C)[nH]c1=O. The summed E-state index contributed by atoms with van der Waals surface area (Å²) >= 11 is 0. The molecule has 0 aliphatic heterocycles. The van der Waals surface area contributed by atoms with Gasteiger partial charge < -0.3 is 9.72 Å². The summed E-state index contributed by atoms with van der Waals surface area (Å²) < 4.78 is 5.14. The second kappa shape index (κ2) is 6.56. The van der Waals surface area contributed by atoms with Crippen molar-refractivity contribution in [3.63, 3.8) is 0 Å². The van der Waals surface area contributed by atoms with Crippen LogP contribution in [0.5, 0.6) is 0 Å². The van der Waals surface area contributed by atoms with Gasteiger partial charge in [0.05, 0.1) is 6.10 Å². The first-order valence-corrected chi connectivity index (χ1v) is 7.28. The van der Waals surface area contributed by atoms with Gasteiger partial charge in [-0.25, -0.2) is 4.79 Å². The van der Waals surface area contributed by atoms with Crippen LogP contribution in [0.4, 0.5) is 0 Å². The molecule has 0 fully saturated rings. The Kier molecular flexibility index (Phi) is 4.75. The summed E-state index contributed by atoms with van der Waals surface area (Å²) in [7, 11) is 0. The largest absolute Gasteiger partial charge is 0.459 e. The van der Waals surface area contributed by atoms with Crippen molar-refractivity contribution in [2.75, 3.05) is 0 Å². The Bertz CT molecular complexity index is 718. The minimum absolute atomic E-state index is 0.0184. The molecule has 0 saturated carbocycles. The van der Waals surface area contributed by atoms with Gasteiger partial charge in [0, 0.05) is 23.7 Å². The van der Waals surface area contributed by atoms with Crippen molar-refractivity contribution in [1.82, 2.24) is 9.97 Å². The van der Waals surface area contributed by atoms with Crippen molar-refractivity contribution in [2.45, 2.75) is 39.7 Å². The van der Waals surface area contributed by atoms with Crippen molar-refractivity contribution < 1.29 is 9.53 Å². The Labute approximate surface area is 129 Å². The molecular formula is C17H20N2O3. The Morgan fingerprint density at radius 1 is 1.18 bits per heavy atom. The number of hydrogen-bond donors (Lipinski definition) is 1. The lowest BCUT2D eigenvalue weighted by Gasteiger charge is -2.15. The number of nitrogens with one attached hydrogen (secondary N) is 1. The fourth-order valence-corrected chi connectivity index (χ4v) is 2.20. The summed E-state index contributed by atoms with van der Waals surface area (Å²) in [6.07, 6.45) is 3.08. The number of ether oxygens (including phenoxy) is 1. The van der Waals surface area contributed by atoms with Crippen LogP contribution in [0.2, 0.25) is 0 Å². The van der Waals surface area contributed by atoms with E-state index in [4.69, 9.17) is 4.74 Å². The molecule has 1 N–H and O–H groups in total. The molecule has 0 radical (unpaired) electrons. The molecule has 0 aliphatic carbocycles. The highest BCUT2D eigenvalue weighted by Gasteiger charge is 2.19. The summed E-state index contributed by atoms with van der Waals surface area (Å²) in [6, 6.07) is 5.29. The maximum Gasteiger partial charge on any atom is 0.344 e. The van der Waals surface area contributed by atoms with Crippen molar-refractivity contribution >= 4 is 5.97 Å². The number of pyridine rings is 2. The second-order valence-electron chi connectivity index (χ2n) is 5.68. The number of nitrogens with zero attached hydrogens (tertiary/aromatic N) is 1. The van der Waals surface area contributed by atoms with Crippen molar-refractivity contribution in [1.29, 1.82) is 0 Å². The maximum absolute atomic E-state index is 12.2. The van der Waals surface area contributed by atoms with Crippen LogP contribution in [0.3, 0.4) is 0 Å². The van der Waals surface area contributed by atoms with Gasteiger partial charge >= 0.3 is 5.97 Å². The second-order valence-corrected chi connectivity index (χ2v) is 5.68. The third-order valence-electron chi connectivity index (χ3n) is 3.20. The fourth-order valence-electron chi connectivity index (χ4n) is 2.20. The number of H-pyrrole nitrogens is 1. The number of rotatable bonds is 4. The maximum atomic E-state index is 12.2. The lowest BCUT2D eigenvalue weighted by Crippen LogP contribution is -2.23.